The lowest BCUT2D eigenvalue weighted by atomic mass is 10.1. The lowest BCUT2D eigenvalue weighted by molar-refractivity contribution is 0.0931. The summed E-state index contributed by atoms with van der Waals surface area (Å²) in [5.41, 5.74) is 0.598. The van der Waals surface area contributed by atoms with Gasteiger partial charge >= 0.3 is 0 Å². The standard InChI is InChI=1S/C14H18FNO/c1-2-16(9-11-3-4-11)10-14(17)12-5-7-13(15)8-6-12/h5-8,11H,2-4,9-10H2,1H3. The van der Waals surface area contributed by atoms with Crippen molar-refractivity contribution in [1.82, 2.24) is 4.90 Å². The zero-order valence-electron chi connectivity index (χ0n) is 10.2. The van der Waals surface area contributed by atoms with Crippen molar-refractivity contribution >= 4 is 5.78 Å². The first-order valence-corrected chi connectivity index (χ1v) is 6.20. The fourth-order valence-corrected chi connectivity index (χ4v) is 1.90. The van der Waals surface area contributed by atoms with Gasteiger partial charge in [-0.2, -0.15) is 0 Å². The highest BCUT2D eigenvalue weighted by atomic mass is 19.1. The van der Waals surface area contributed by atoms with Crippen molar-refractivity contribution in [3.8, 4) is 0 Å². The Labute approximate surface area is 101 Å². The van der Waals surface area contributed by atoms with Crippen LogP contribution in [0.15, 0.2) is 24.3 Å². The summed E-state index contributed by atoms with van der Waals surface area (Å²) in [5, 5.41) is 0. The lowest BCUT2D eigenvalue weighted by Crippen LogP contribution is -2.31. The molecule has 0 aromatic heterocycles. The topological polar surface area (TPSA) is 20.3 Å². The van der Waals surface area contributed by atoms with E-state index in [4.69, 9.17) is 0 Å². The van der Waals surface area contributed by atoms with Gasteiger partial charge in [-0.05, 0) is 49.6 Å². The fourth-order valence-electron chi connectivity index (χ4n) is 1.90. The second-order valence-corrected chi connectivity index (χ2v) is 4.70. The Morgan fingerprint density at radius 1 is 1.35 bits per heavy atom. The molecule has 1 aliphatic rings. The van der Waals surface area contributed by atoms with E-state index >= 15 is 0 Å². The molecular weight excluding hydrogens is 217 g/mol. The van der Waals surface area contributed by atoms with Crippen LogP contribution in [0, 0.1) is 11.7 Å². The smallest absolute Gasteiger partial charge is 0.176 e. The normalized spacial score (nSPS) is 15.2. The zero-order chi connectivity index (χ0) is 12.3. The number of hydrogen-bond acceptors (Lipinski definition) is 2. The minimum Gasteiger partial charge on any atom is -0.296 e. The van der Waals surface area contributed by atoms with Crippen LogP contribution in [0.3, 0.4) is 0 Å². The van der Waals surface area contributed by atoms with Gasteiger partial charge in [-0.1, -0.05) is 6.92 Å². The summed E-state index contributed by atoms with van der Waals surface area (Å²) in [5.74, 6) is 0.565. The van der Waals surface area contributed by atoms with Crippen molar-refractivity contribution in [1.29, 1.82) is 0 Å². The number of ketones is 1. The van der Waals surface area contributed by atoms with Crippen LogP contribution < -0.4 is 0 Å². The van der Waals surface area contributed by atoms with Crippen molar-refractivity contribution in [2.45, 2.75) is 19.8 Å². The van der Waals surface area contributed by atoms with E-state index in [1.54, 1.807) is 12.1 Å². The Morgan fingerprint density at radius 3 is 2.53 bits per heavy atom. The summed E-state index contributed by atoms with van der Waals surface area (Å²) in [6, 6.07) is 5.79. The van der Waals surface area contributed by atoms with Crippen LogP contribution in [0.5, 0.6) is 0 Å². The maximum absolute atomic E-state index is 12.7. The number of nitrogens with zero attached hydrogens (tertiary/aromatic N) is 1. The van der Waals surface area contributed by atoms with Crippen LogP contribution in [-0.2, 0) is 0 Å². The number of hydrogen-bond donors (Lipinski definition) is 0. The van der Waals surface area contributed by atoms with Crippen LogP contribution in [0.2, 0.25) is 0 Å². The number of likely N-dealkylation sites (N-methyl/N-ethyl adjacent to an activating group) is 1. The summed E-state index contributed by atoms with van der Waals surface area (Å²) in [4.78, 5) is 14.1. The average Bonchev–Trinajstić information content (AvgIpc) is 3.13. The first-order valence-electron chi connectivity index (χ1n) is 6.20. The average molecular weight is 235 g/mol. The predicted octanol–water partition coefficient (Wildman–Crippen LogP) is 2.74. The van der Waals surface area contributed by atoms with Crippen molar-refractivity contribution < 1.29 is 9.18 Å². The SMILES string of the molecule is CCN(CC(=O)c1ccc(F)cc1)CC1CC1. The Kier molecular flexibility index (Phi) is 3.89. The highest BCUT2D eigenvalue weighted by Crippen LogP contribution is 2.29. The second kappa shape index (κ2) is 5.41. The highest BCUT2D eigenvalue weighted by molar-refractivity contribution is 5.97. The molecule has 0 spiro atoms. The molecular formula is C14H18FNO. The molecule has 0 atom stereocenters. The van der Waals surface area contributed by atoms with Gasteiger partial charge in [0.1, 0.15) is 5.82 Å². The van der Waals surface area contributed by atoms with Gasteiger partial charge in [-0.25, -0.2) is 4.39 Å². The van der Waals surface area contributed by atoms with Crippen molar-refractivity contribution in [2.24, 2.45) is 5.92 Å². The molecule has 2 rings (SSSR count). The van der Waals surface area contributed by atoms with Gasteiger partial charge < -0.3 is 0 Å². The third kappa shape index (κ3) is 3.63. The van der Waals surface area contributed by atoms with E-state index in [0.29, 0.717) is 12.1 Å². The molecule has 0 N–H and O–H groups in total. The molecule has 92 valence electrons. The largest absolute Gasteiger partial charge is 0.296 e. The molecule has 0 amide bonds. The Balaban J connectivity index is 1.92. The van der Waals surface area contributed by atoms with Gasteiger partial charge in [0.2, 0.25) is 0 Å². The number of rotatable bonds is 6. The van der Waals surface area contributed by atoms with Gasteiger partial charge in [0.15, 0.2) is 5.78 Å². The van der Waals surface area contributed by atoms with Crippen LogP contribution in [0.4, 0.5) is 4.39 Å². The zero-order valence-corrected chi connectivity index (χ0v) is 10.2. The summed E-state index contributed by atoms with van der Waals surface area (Å²) in [6.07, 6.45) is 2.59. The number of carbonyl (C=O) groups is 1. The molecule has 0 unspecified atom stereocenters. The number of carbonyl (C=O) groups excluding carboxylic acids is 1. The summed E-state index contributed by atoms with van der Waals surface area (Å²) in [7, 11) is 0. The van der Waals surface area contributed by atoms with Crippen molar-refractivity contribution in [3.05, 3.63) is 35.6 Å². The molecule has 0 heterocycles. The molecule has 0 aliphatic heterocycles. The quantitative estimate of drug-likeness (QED) is 0.707. The first kappa shape index (κ1) is 12.2. The van der Waals surface area contributed by atoms with Gasteiger partial charge in [0, 0.05) is 12.1 Å². The number of halogens is 1. The molecule has 0 bridgehead atoms. The molecule has 2 nitrogen and oxygen atoms in total. The van der Waals surface area contributed by atoms with E-state index in [1.165, 1.54) is 25.0 Å². The van der Waals surface area contributed by atoms with E-state index in [2.05, 4.69) is 11.8 Å². The molecule has 0 radical (unpaired) electrons. The Morgan fingerprint density at radius 2 is 2.00 bits per heavy atom. The Hall–Kier alpha value is -1.22. The second-order valence-electron chi connectivity index (χ2n) is 4.70. The fraction of sp³-hybridized carbons (Fsp3) is 0.500. The Bertz CT molecular complexity index is 384. The predicted molar refractivity (Wildman–Crippen MR) is 65.6 cm³/mol. The van der Waals surface area contributed by atoms with E-state index < -0.39 is 0 Å². The maximum atomic E-state index is 12.7. The third-order valence-electron chi connectivity index (χ3n) is 3.19. The van der Waals surface area contributed by atoms with Gasteiger partial charge in [0.25, 0.3) is 0 Å². The van der Waals surface area contributed by atoms with Crippen molar-refractivity contribution in [2.75, 3.05) is 19.6 Å². The van der Waals surface area contributed by atoms with Gasteiger partial charge in [-0.3, -0.25) is 9.69 Å². The summed E-state index contributed by atoms with van der Waals surface area (Å²) in [6.45, 7) is 4.42. The highest BCUT2D eigenvalue weighted by Gasteiger charge is 2.24. The van der Waals surface area contributed by atoms with E-state index in [9.17, 15) is 9.18 Å². The summed E-state index contributed by atoms with van der Waals surface area (Å²) < 4.78 is 12.7. The lowest BCUT2D eigenvalue weighted by Gasteiger charge is -2.19. The molecule has 17 heavy (non-hydrogen) atoms. The molecule has 1 aliphatic carbocycles. The van der Waals surface area contributed by atoms with Crippen LogP contribution >= 0.6 is 0 Å². The molecule has 0 saturated heterocycles. The molecule has 1 fully saturated rings. The third-order valence-corrected chi connectivity index (χ3v) is 3.19. The molecule has 1 aromatic rings. The van der Waals surface area contributed by atoms with Gasteiger partial charge in [-0.15, -0.1) is 0 Å². The molecule has 3 heteroatoms. The first-order chi connectivity index (χ1) is 8.19. The number of Topliss-reactive ketones (excluding diaryl/α,β-unsaturated/α-hetero) is 1. The van der Waals surface area contributed by atoms with Crippen LogP contribution in [0.25, 0.3) is 0 Å². The van der Waals surface area contributed by atoms with E-state index in [-0.39, 0.29) is 11.6 Å². The minimum atomic E-state index is -0.299. The van der Waals surface area contributed by atoms with Crippen LogP contribution in [-0.4, -0.2) is 30.3 Å². The number of benzene rings is 1. The van der Waals surface area contributed by atoms with Crippen molar-refractivity contribution in [3.63, 3.8) is 0 Å². The molecule has 1 aromatic carbocycles. The van der Waals surface area contributed by atoms with E-state index in [1.807, 2.05) is 0 Å². The minimum absolute atomic E-state index is 0.0764. The van der Waals surface area contributed by atoms with E-state index in [0.717, 1.165) is 19.0 Å². The van der Waals surface area contributed by atoms with Gasteiger partial charge in [0.05, 0.1) is 6.54 Å². The molecule has 1 saturated carbocycles. The summed E-state index contributed by atoms with van der Waals surface area (Å²) >= 11 is 0. The monoisotopic (exact) mass is 235 g/mol. The van der Waals surface area contributed by atoms with Crippen LogP contribution in [0.1, 0.15) is 30.1 Å². The maximum Gasteiger partial charge on any atom is 0.176 e.